The molecule has 0 aliphatic carbocycles. The molecule has 0 fully saturated rings. The van der Waals surface area contributed by atoms with Crippen molar-refractivity contribution in [2.45, 2.75) is 18.8 Å². The molecule has 1 unspecified atom stereocenters. The molecular formula is C20H22O. The van der Waals surface area contributed by atoms with Crippen molar-refractivity contribution in [2.75, 3.05) is 6.61 Å². The van der Waals surface area contributed by atoms with Gasteiger partial charge in [-0.1, -0.05) is 73.3 Å². The van der Waals surface area contributed by atoms with Crippen molar-refractivity contribution >= 4 is 0 Å². The van der Waals surface area contributed by atoms with Crippen LogP contribution in [0.1, 0.15) is 23.5 Å². The molecular weight excluding hydrogens is 256 g/mol. The van der Waals surface area contributed by atoms with Gasteiger partial charge in [-0.05, 0) is 17.5 Å². The quantitative estimate of drug-likeness (QED) is 0.481. The molecule has 0 aliphatic rings. The third-order valence-electron chi connectivity index (χ3n) is 3.45. The minimum Gasteiger partial charge on any atom is -0.498 e. The summed E-state index contributed by atoms with van der Waals surface area (Å²) in [5.74, 6) is 1.14. The molecule has 0 aromatic heterocycles. The number of benzene rings is 2. The van der Waals surface area contributed by atoms with Crippen LogP contribution in [0.2, 0.25) is 0 Å². The first-order chi connectivity index (χ1) is 10.3. The highest BCUT2D eigenvalue weighted by Gasteiger charge is 2.11. The van der Waals surface area contributed by atoms with Crippen LogP contribution in [0.15, 0.2) is 85.7 Å². The minimum atomic E-state index is 0.330. The summed E-state index contributed by atoms with van der Waals surface area (Å²) in [5.41, 5.74) is 2.51. The Balaban J connectivity index is 1.90. The second kappa shape index (κ2) is 8.11. The molecule has 1 heteroatoms. The summed E-state index contributed by atoms with van der Waals surface area (Å²) in [5, 5.41) is 0. The average Bonchev–Trinajstić information content (AvgIpc) is 2.53. The molecule has 0 spiro atoms. The number of hydrogen-bond acceptors (Lipinski definition) is 1. The molecule has 0 heterocycles. The zero-order chi connectivity index (χ0) is 14.9. The topological polar surface area (TPSA) is 9.23 Å². The maximum absolute atomic E-state index is 5.87. The van der Waals surface area contributed by atoms with Gasteiger partial charge in [0.1, 0.15) is 0 Å². The lowest BCUT2D eigenvalue weighted by Crippen LogP contribution is -2.08. The van der Waals surface area contributed by atoms with Gasteiger partial charge in [0.25, 0.3) is 0 Å². The van der Waals surface area contributed by atoms with E-state index < -0.39 is 0 Å². The van der Waals surface area contributed by atoms with Crippen LogP contribution in [0.4, 0.5) is 0 Å². The third kappa shape index (κ3) is 4.96. The molecule has 2 aromatic rings. The summed E-state index contributed by atoms with van der Waals surface area (Å²) in [6, 6.07) is 20.7. The predicted octanol–water partition coefficient (Wildman–Crippen LogP) is 5.12. The Morgan fingerprint density at radius 3 is 2.24 bits per heavy atom. The van der Waals surface area contributed by atoms with Gasteiger partial charge in [0.15, 0.2) is 0 Å². The summed E-state index contributed by atoms with van der Waals surface area (Å²) >= 11 is 0. The Kier molecular flexibility index (Phi) is 5.83. The van der Waals surface area contributed by atoms with Crippen LogP contribution in [0.25, 0.3) is 0 Å². The highest BCUT2D eigenvalue weighted by Crippen LogP contribution is 2.21. The van der Waals surface area contributed by atoms with Gasteiger partial charge in [0.05, 0.1) is 12.4 Å². The minimum absolute atomic E-state index is 0.330. The molecule has 0 amide bonds. The lowest BCUT2D eigenvalue weighted by Gasteiger charge is -2.18. The summed E-state index contributed by atoms with van der Waals surface area (Å²) in [6.45, 7) is 8.51. The fourth-order valence-corrected chi connectivity index (χ4v) is 2.32. The highest BCUT2D eigenvalue weighted by atomic mass is 16.5. The molecule has 21 heavy (non-hydrogen) atoms. The van der Waals surface area contributed by atoms with Crippen molar-refractivity contribution in [1.29, 1.82) is 0 Å². The maximum Gasteiger partial charge on any atom is 0.0948 e. The van der Waals surface area contributed by atoms with E-state index in [1.807, 2.05) is 30.3 Å². The van der Waals surface area contributed by atoms with E-state index in [4.69, 9.17) is 4.74 Å². The lowest BCUT2D eigenvalue weighted by atomic mass is 9.97. The van der Waals surface area contributed by atoms with Crippen molar-refractivity contribution in [1.82, 2.24) is 0 Å². The smallest absolute Gasteiger partial charge is 0.0948 e. The molecule has 0 saturated carbocycles. The lowest BCUT2D eigenvalue weighted by molar-refractivity contribution is 0.189. The molecule has 0 saturated heterocycles. The van der Waals surface area contributed by atoms with Gasteiger partial charge in [-0.2, -0.15) is 0 Å². The first kappa shape index (κ1) is 15.1. The number of ether oxygens (including phenoxy) is 1. The maximum atomic E-state index is 5.87. The van der Waals surface area contributed by atoms with Crippen molar-refractivity contribution in [2.24, 2.45) is 0 Å². The monoisotopic (exact) mass is 278 g/mol. The molecule has 0 aliphatic heterocycles. The van der Waals surface area contributed by atoms with Gasteiger partial charge in [0, 0.05) is 12.3 Å². The SMILES string of the molecule is C=CCC(COC(=C)Cc1ccccc1)c1ccccc1. The second-order valence-electron chi connectivity index (χ2n) is 5.14. The number of rotatable bonds is 8. The Labute approximate surface area is 127 Å². The number of allylic oxidation sites excluding steroid dienone is 2. The first-order valence-corrected chi connectivity index (χ1v) is 7.30. The second-order valence-corrected chi connectivity index (χ2v) is 5.14. The summed E-state index contributed by atoms with van der Waals surface area (Å²) in [7, 11) is 0. The van der Waals surface area contributed by atoms with Crippen LogP contribution in [-0.2, 0) is 11.2 Å². The standard InChI is InChI=1S/C20H22O/c1-3-10-20(19-13-8-5-9-14-19)16-21-17(2)15-18-11-6-4-7-12-18/h3-9,11-14,20H,1-2,10,15-16H2. The zero-order valence-electron chi connectivity index (χ0n) is 12.4. The highest BCUT2D eigenvalue weighted by molar-refractivity contribution is 5.21. The Morgan fingerprint density at radius 1 is 1.00 bits per heavy atom. The molecule has 2 aromatic carbocycles. The van der Waals surface area contributed by atoms with E-state index in [1.165, 1.54) is 11.1 Å². The van der Waals surface area contributed by atoms with Gasteiger partial charge in [-0.25, -0.2) is 0 Å². The van der Waals surface area contributed by atoms with E-state index in [-0.39, 0.29) is 0 Å². The van der Waals surface area contributed by atoms with Crippen molar-refractivity contribution in [3.05, 3.63) is 96.8 Å². The normalized spacial score (nSPS) is 11.6. The molecule has 0 N–H and O–H groups in total. The van der Waals surface area contributed by atoms with Gasteiger partial charge in [-0.15, -0.1) is 6.58 Å². The van der Waals surface area contributed by atoms with Gasteiger partial charge < -0.3 is 4.74 Å². The van der Waals surface area contributed by atoms with E-state index in [0.29, 0.717) is 12.5 Å². The first-order valence-electron chi connectivity index (χ1n) is 7.30. The van der Waals surface area contributed by atoms with Crippen LogP contribution >= 0.6 is 0 Å². The van der Waals surface area contributed by atoms with Crippen molar-refractivity contribution in [3.8, 4) is 0 Å². The summed E-state index contributed by atoms with van der Waals surface area (Å²) in [4.78, 5) is 0. The number of hydrogen-bond donors (Lipinski definition) is 0. The Morgan fingerprint density at radius 2 is 1.62 bits per heavy atom. The summed E-state index contributed by atoms with van der Waals surface area (Å²) < 4.78 is 5.87. The van der Waals surface area contributed by atoms with E-state index in [0.717, 1.165) is 18.6 Å². The van der Waals surface area contributed by atoms with Crippen LogP contribution in [-0.4, -0.2) is 6.61 Å². The van der Waals surface area contributed by atoms with E-state index >= 15 is 0 Å². The van der Waals surface area contributed by atoms with Crippen LogP contribution in [0.3, 0.4) is 0 Å². The Hall–Kier alpha value is -2.28. The van der Waals surface area contributed by atoms with Gasteiger partial charge in [-0.3, -0.25) is 0 Å². The Bertz CT molecular complexity index is 557. The molecule has 0 bridgehead atoms. The largest absolute Gasteiger partial charge is 0.498 e. The van der Waals surface area contributed by atoms with Crippen LogP contribution in [0, 0.1) is 0 Å². The van der Waals surface area contributed by atoms with Crippen LogP contribution < -0.4 is 0 Å². The average molecular weight is 278 g/mol. The molecule has 1 atom stereocenters. The molecule has 1 nitrogen and oxygen atoms in total. The van der Waals surface area contributed by atoms with Crippen molar-refractivity contribution < 1.29 is 4.74 Å². The van der Waals surface area contributed by atoms with E-state index in [1.54, 1.807) is 0 Å². The molecule has 0 radical (unpaired) electrons. The predicted molar refractivity (Wildman–Crippen MR) is 89.2 cm³/mol. The van der Waals surface area contributed by atoms with Crippen LogP contribution in [0.5, 0.6) is 0 Å². The third-order valence-corrected chi connectivity index (χ3v) is 3.45. The van der Waals surface area contributed by atoms with Gasteiger partial charge >= 0.3 is 0 Å². The fraction of sp³-hybridized carbons (Fsp3) is 0.200. The fourth-order valence-electron chi connectivity index (χ4n) is 2.32. The summed E-state index contributed by atoms with van der Waals surface area (Å²) in [6.07, 6.45) is 3.61. The zero-order valence-corrected chi connectivity index (χ0v) is 12.4. The van der Waals surface area contributed by atoms with Gasteiger partial charge in [0.2, 0.25) is 0 Å². The molecule has 2 rings (SSSR count). The van der Waals surface area contributed by atoms with E-state index in [9.17, 15) is 0 Å². The van der Waals surface area contributed by atoms with E-state index in [2.05, 4.69) is 49.6 Å². The van der Waals surface area contributed by atoms with Crippen molar-refractivity contribution in [3.63, 3.8) is 0 Å². The molecule has 108 valence electrons.